The lowest BCUT2D eigenvalue weighted by atomic mass is 10.2. The molecule has 0 amide bonds. The Morgan fingerprint density at radius 1 is 1.28 bits per heavy atom. The smallest absolute Gasteiger partial charge is 0.326 e. The summed E-state index contributed by atoms with van der Waals surface area (Å²) in [6.07, 6.45) is 1.55. The molecule has 1 unspecified atom stereocenters. The minimum atomic E-state index is -1.07. The van der Waals surface area contributed by atoms with Crippen LogP contribution in [0.4, 0.5) is 0 Å². The number of rotatable bonds is 5. The first-order valence-corrected chi connectivity index (χ1v) is 8.04. The van der Waals surface area contributed by atoms with E-state index in [0.717, 1.165) is 4.57 Å². The molecule has 128 valence electrons. The van der Waals surface area contributed by atoms with Crippen LogP contribution in [0.5, 0.6) is 11.5 Å². The van der Waals surface area contributed by atoms with Crippen LogP contribution in [0.2, 0.25) is 5.02 Å². The topological polar surface area (TPSA) is 81.4 Å². The van der Waals surface area contributed by atoms with Crippen LogP contribution in [-0.2, 0) is 4.79 Å². The highest BCUT2D eigenvalue weighted by atomic mass is 35.5. The van der Waals surface area contributed by atoms with Crippen LogP contribution in [0.1, 0.15) is 19.4 Å². The lowest BCUT2D eigenvalue weighted by Gasteiger charge is -2.14. The number of aliphatic carboxylic acids is 1. The molecule has 1 aromatic heterocycles. The molecule has 0 aliphatic carbocycles. The van der Waals surface area contributed by atoms with Crippen molar-refractivity contribution in [3.05, 3.63) is 64.2 Å². The molecule has 0 aliphatic rings. The van der Waals surface area contributed by atoms with E-state index >= 15 is 0 Å². The lowest BCUT2D eigenvalue weighted by Crippen LogP contribution is -2.29. The van der Waals surface area contributed by atoms with Gasteiger partial charge in [-0.2, -0.15) is 0 Å². The van der Waals surface area contributed by atoms with Gasteiger partial charge in [0.25, 0.3) is 5.56 Å². The number of ether oxygens (including phenoxy) is 1. The molecule has 25 heavy (non-hydrogen) atoms. The van der Waals surface area contributed by atoms with Crippen molar-refractivity contribution in [2.45, 2.75) is 19.4 Å². The van der Waals surface area contributed by atoms with E-state index in [-0.39, 0.29) is 6.42 Å². The Bertz CT molecular complexity index is 1000. The number of aromatic nitrogens is 2. The van der Waals surface area contributed by atoms with E-state index in [4.69, 9.17) is 16.3 Å². The van der Waals surface area contributed by atoms with Crippen LogP contribution in [0.15, 0.2) is 53.6 Å². The molecule has 0 aliphatic heterocycles. The standard InChI is InChI=1S/C18H15ClN2O4/c1-2-16(18(23)24)21-10-20-15-7-6-13(9-14(15)17(21)22)25-12-5-3-4-11(19)8-12/h3-10,16H,2H2,1H3,(H,23,24). The zero-order valence-electron chi connectivity index (χ0n) is 13.3. The van der Waals surface area contributed by atoms with Gasteiger partial charge in [-0.05, 0) is 42.8 Å². The molecular weight excluding hydrogens is 344 g/mol. The third kappa shape index (κ3) is 3.49. The summed E-state index contributed by atoms with van der Waals surface area (Å²) in [5.41, 5.74) is 0.0516. The molecule has 1 heterocycles. The Kier molecular flexibility index (Phi) is 4.72. The monoisotopic (exact) mass is 358 g/mol. The fourth-order valence-electron chi connectivity index (χ4n) is 2.56. The maximum Gasteiger partial charge on any atom is 0.326 e. The van der Waals surface area contributed by atoms with Crippen LogP contribution in [0.3, 0.4) is 0 Å². The van der Waals surface area contributed by atoms with Crippen molar-refractivity contribution in [3.8, 4) is 11.5 Å². The van der Waals surface area contributed by atoms with Gasteiger partial charge in [0.1, 0.15) is 17.5 Å². The summed E-state index contributed by atoms with van der Waals surface area (Å²) in [6, 6.07) is 10.8. The number of carboxylic acid groups (broad SMARTS) is 1. The highest BCUT2D eigenvalue weighted by Gasteiger charge is 2.19. The van der Waals surface area contributed by atoms with Crippen LogP contribution in [0, 0.1) is 0 Å². The average Bonchev–Trinajstić information content (AvgIpc) is 2.58. The Balaban J connectivity index is 2.05. The molecule has 1 N–H and O–H groups in total. The number of hydrogen-bond donors (Lipinski definition) is 1. The van der Waals surface area contributed by atoms with Gasteiger partial charge in [-0.1, -0.05) is 24.6 Å². The van der Waals surface area contributed by atoms with Gasteiger partial charge in [-0.25, -0.2) is 9.78 Å². The third-order valence-electron chi connectivity index (χ3n) is 3.79. The molecule has 0 saturated carbocycles. The third-order valence-corrected chi connectivity index (χ3v) is 4.03. The molecule has 0 spiro atoms. The fourth-order valence-corrected chi connectivity index (χ4v) is 2.74. The predicted molar refractivity (Wildman–Crippen MR) is 94.5 cm³/mol. The Hall–Kier alpha value is -2.86. The van der Waals surface area contributed by atoms with E-state index in [1.807, 2.05) is 0 Å². The van der Waals surface area contributed by atoms with Crippen molar-refractivity contribution in [1.29, 1.82) is 0 Å². The van der Waals surface area contributed by atoms with Crippen molar-refractivity contribution in [2.24, 2.45) is 0 Å². The molecule has 2 aromatic carbocycles. The van der Waals surface area contributed by atoms with Gasteiger partial charge < -0.3 is 9.84 Å². The number of nitrogens with zero attached hydrogens (tertiary/aromatic N) is 2. The molecule has 0 saturated heterocycles. The highest BCUT2D eigenvalue weighted by molar-refractivity contribution is 6.30. The first-order valence-electron chi connectivity index (χ1n) is 7.66. The average molecular weight is 359 g/mol. The van der Waals surface area contributed by atoms with Crippen molar-refractivity contribution >= 4 is 28.5 Å². The number of hydrogen-bond acceptors (Lipinski definition) is 4. The lowest BCUT2D eigenvalue weighted by molar-refractivity contribution is -0.141. The quantitative estimate of drug-likeness (QED) is 0.748. The Morgan fingerprint density at radius 3 is 2.72 bits per heavy atom. The van der Waals surface area contributed by atoms with Crippen molar-refractivity contribution in [2.75, 3.05) is 0 Å². The minimum absolute atomic E-state index is 0.279. The van der Waals surface area contributed by atoms with Crippen LogP contribution in [-0.4, -0.2) is 20.6 Å². The molecule has 6 nitrogen and oxygen atoms in total. The van der Waals surface area contributed by atoms with Crippen LogP contribution < -0.4 is 10.3 Å². The number of benzene rings is 2. The predicted octanol–water partition coefficient (Wildman–Crippen LogP) is 3.88. The first-order chi connectivity index (χ1) is 12.0. The summed E-state index contributed by atoms with van der Waals surface area (Å²) in [5.74, 6) is -0.0973. The van der Waals surface area contributed by atoms with Crippen LogP contribution >= 0.6 is 11.6 Å². The Labute approximate surface area is 148 Å². The van der Waals surface area contributed by atoms with Crippen molar-refractivity contribution in [3.63, 3.8) is 0 Å². The zero-order chi connectivity index (χ0) is 18.0. The maximum absolute atomic E-state index is 12.7. The number of carboxylic acids is 1. The summed E-state index contributed by atoms with van der Waals surface area (Å²) in [7, 11) is 0. The van der Waals surface area contributed by atoms with Crippen LogP contribution in [0.25, 0.3) is 10.9 Å². The van der Waals surface area contributed by atoms with Gasteiger partial charge in [-0.3, -0.25) is 9.36 Å². The highest BCUT2D eigenvalue weighted by Crippen LogP contribution is 2.26. The Morgan fingerprint density at radius 2 is 2.04 bits per heavy atom. The molecule has 3 aromatic rings. The number of carbonyl (C=O) groups is 1. The van der Waals surface area contributed by atoms with Crippen molar-refractivity contribution in [1.82, 2.24) is 9.55 Å². The van der Waals surface area contributed by atoms with E-state index in [9.17, 15) is 14.7 Å². The molecule has 1 atom stereocenters. The van der Waals surface area contributed by atoms with E-state index < -0.39 is 17.6 Å². The van der Waals surface area contributed by atoms with E-state index in [0.29, 0.717) is 27.4 Å². The molecular formula is C18H15ClN2O4. The second kappa shape index (κ2) is 6.94. The summed E-state index contributed by atoms with van der Waals surface area (Å²) in [4.78, 5) is 28.2. The maximum atomic E-state index is 12.7. The summed E-state index contributed by atoms with van der Waals surface area (Å²) in [5, 5.41) is 10.1. The summed E-state index contributed by atoms with van der Waals surface area (Å²) < 4.78 is 6.85. The number of halogens is 1. The van der Waals surface area contributed by atoms with Gasteiger partial charge in [-0.15, -0.1) is 0 Å². The van der Waals surface area contributed by atoms with E-state index in [1.165, 1.54) is 6.33 Å². The summed E-state index contributed by atoms with van der Waals surface area (Å²) >= 11 is 5.93. The molecule has 0 bridgehead atoms. The van der Waals surface area contributed by atoms with Gasteiger partial charge in [0.2, 0.25) is 0 Å². The molecule has 7 heteroatoms. The fraction of sp³-hybridized carbons (Fsp3) is 0.167. The zero-order valence-corrected chi connectivity index (χ0v) is 14.1. The SMILES string of the molecule is CCC(C(=O)O)n1cnc2ccc(Oc3cccc(Cl)c3)cc2c1=O. The van der Waals surface area contributed by atoms with Crippen molar-refractivity contribution < 1.29 is 14.6 Å². The molecule has 3 rings (SSSR count). The first kappa shape index (κ1) is 17.0. The molecule has 0 radical (unpaired) electrons. The van der Waals surface area contributed by atoms with Gasteiger partial charge in [0, 0.05) is 5.02 Å². The largest absolute Gasteiger partial charge is 0.480 e. The van der Waals surface area contributed by atoms with E-state index in [2.05, 4.69) is 4.98 Å². The van der Waals surface area contributed by atoms with Gasteiger partial charge in [0.15, 0.2) is 0 Å². The molecule has 0 fully saturated rings. The van der Waals surface area contributed by atoms with Gasteiger partial charge >= 0.3 is 5.97 Å². The summed E-state index contributed by atoms with van der Waals surface area (Å²) in [6.45, 7) is 1.70. The number of fused-ring (bicyclic) bond motifs is 1. The normalized spacial score (nSPS) is 12.1. The second-order valence-electron chi connectivity index (χ2n) is 5.46. The van der Waals surface area contributed by atoms with E-state index in [1.54, 1.807) is 49.4 Å². The van der Waals surface area contributed by atoms with Gasteiger partial charge in [0.05, 0.1) is 17.2 Å². The second-order valence-corrected chi connectivity index (χ2v) is 5.89. The minimum Gasteiger partial charge on any atom is -0.480 e.